The molecule has 0 radical (unpaired) electrons. The molecule has 1 aromatic carbocycles. The van der Waals surface area contributed by atoms with E-state index >= 15 is 0 Å². The van der Waals surface area contributed by atoms with Gasteiger partial charge in [0, 0.05) is 19.7 Å². The molecule has 2 rings (SSSR count). The second kappa shape index (κ2) is 7.86. The minimum Gasteiger partial charge on any atom is -0.347 e. The van der Waals surface area contributed by atoms with Crippen LogP contribution in [-0.2, 0) is 4.79 Å². The van der Waals surface area contributed by atoms with Crippen LogP contribution in [0, 0.1) is 6.92 Å². The third-order valence-corrected chi connectivity index (χ3v) is 4.69. The van der Waals surface area contributed by atoms with Crippen LogP contribution < -0.4 is 0 Å². The van der Waals surface area contributed by atoms with Gasteiger partial charge in [-0.25, -0.2) is 4.98 Å². The number of aryl methyl sites for hydroxylation is 1. The molecule has 5 nitrogen and oxygen atoms in total. The van der Waals surface area contributed by atoms with E-state index in [0.717, 1.165) is 21.8 Å². The standard InChI is InChI=1S/C17H18F3N3O2S/c1-11-14(26-15(21-11)12-7-5-4-6-8-12)16(25)23(10-17(18,19)20)9-13(24)22(2)3/h4-8H,9-10H2,1-3H3. The summed E-state index contributed by atoms with van der Waals surface area (Å²) < 4.78 is 38.6. The number of halogens is 3. The van der Waals surface area contributed by atoms with Gasteiger partial charge in [0.1, 0.15) is 23.0 Å². The molecule has 140 valence electrons. The lowest BCUT2D eigenvalue weighted by Gasteiger charge is -2.24. The third kappa shape index (κ3) is 5.04. The van der Waals surface area contributed by atoms with Gasteiger partial charge in [-0.05, 0) is 6.92 Å². The summed E-state index contributed by atoms with van der Waals surface area (Å²) in [6, 6.07) is 9.04. The number of alkyl halides is 3. The van der Waals surface area contributed by atoms with E-state index in [1.165, 1.54) is 14.1 Å². The van der Waals surface area contributed by atoms with Crippen molar-refractivity contribution in [3.63, 3.8) is 0 Å². The molecule has 0 unspecified atom stereocenters. The van der Waals surface area contributed by atoms with Crippen LogP contribution in [-0.4, -0.2) is 60.0 Å². The average molecular weight is 385 g/mol. The molecular weight excluding hydrogens is 367 g/mol. The predicted octanol–water partition coefficient (Wildman–Crippen LogP) is 3.21. The number of thiazole rings is 1. The molecule has 9 heteroatoms. The van der Waals surface area contributed by atoms with Gasteiger partial charge in [-0.1, -0.05) is 30.3 Å². The smallest absolute Gasteiger partial charge is 0.347 e. The number of benzene rings is 1. The van der Waals surface area contributed by atoms with E-state index in [0.29, 0.717) is 15.6 Å². The van der Waals surface area contributed by atoms with Crippen LogP contribution in [0.15, 0.2) is 30.3 Å². The van der Waals surface area contributed by atoms with E-state index in [2.05, 4.69) is 4.98 Å². The Hall–Kier alpha value is -2.42. The molecule has 1 aromatic heterocycles. The lowest BCUT2D eigenvalue weighted by molar-refractivity contribution is -0.146. The van der Waals surface area contributed by atoms with Crippen LogP contribution in [0.3, 0.4) is 0 Å². The Labute approximate surface area is 153 Å². The zero-order valence-corrected chi connectivity index (χ0v) is 15.3. The van der Waals surface area contributed by atoms with E-state index in [1.54, 1.807) is 31.2 Å². The summed E-state index contributed by atoms with van der Waals surface area (Å²) in [7, 11) is 2.84. The molecule has 0 aliphatic carbocycles. The SMILES string of the molecule is Cc1nc(-c2ccccc2)sc1C(=O)N(CC(=O)N(C)C)CC(F)(F)F. The molecule has 2 amide bonds. The Morgan fingerprint density at radius 3 is 2.31 bits per heavy atom. The van der Waals surface area contributed by atoms with E-state index in [-0.39, 0.29) is 4.88 Å². The van der Waals surface area contributed by atoms with Crippen LogP contribution >= 0.6 is 11.3 Å². The predicted molar refractivity (Wildman–Crippen MR) is 92.9 cm³/mol. The fraction of sp³-hybridized carbons (Fsp3) is 0.353. The third-order valence-electron chi connectivity index (χ3n) is 3.49. The Bertz CT molecular complexity index is 788. The van der Waals surface area contributed by atoms with Gasteiger partial charge >= 0.3 is 6.18 Å². The highest BCUT2D eigenvalue weighted by atomic mass is 32.1. The van der Waals surface area contributed by atoms with Crippen molar-refractivity contribution >= 4 is 23.2 Å². The molecule has 0 bridgehead atoms. The number of rotatable bonds is 5. The molecule has 0 saturated carbocycles. The van der Waals surface area contributed by atoms with E-state index in [1.807, 2.05) is 6.07 Å². The quantitative estimate of drug-likeness (QED) is 0.794. The van der Waals surface area contributed by atoms with Crippen molar-refractivity contribution in [3.05, 3.63) is 40.9 Å². The number of likely N-dealkylation sites (N-methyl/N-ethyl adjacent to an activating group) is 1. The summed E-state index contributed by atoms with van der Waals surface area (Å²) in [5.41, 5.74) is 1.11. The largest absolute Gasteiger partial charge is 0.406 e. The molecule has 0 spiro atoms. The molecule has 2 aromatic rings. The van der Waals surface area contributed by atoms with Crippen LogP contribution in [0.4, 0.5) is 13.2 Å². The Morgan fingerprint density at radius 2 is 1.77 bits per heavy atom. The maximum atomic E-state index is 12.9. The maximum Gasteiger partial charge on any atom is 0.406 e. The molecule has 0 atom stereocenters. The zero-order valence-electron chi connectivity index (χ0n) is 14.5. The van der Waals surface area contributed by atoms with Crippen molar-refractivity contribution in [2.45, 2.75) is 13.1 Å². The summed E-state index contributed by atoms with van der Waals surface area (Å²) in [4.78, 5) is 30.6. The van der Waals surface area contributed by atoms with E-state index in [9.17, 15) is 22.8 Å². The summed E-state index contributed by atoms with van der Waals surface area (Å²) in [5, 5.41) is 0.539. The van der Waals surface area contributed by atoms with Crippen molar-refractivity contribution in [2.24, 2.45) is 0 Å². The highest BCUT2D eigenvalue weighted by Crippen LogP contribution is 2.29. The van der Waals surface area contributed by atoms with Gasteiger partial charge in [0.05, 0.1) is 5.69 Å². The van der Waals surface area contributed by atoms with Crippen molar-refractivity contribution in [1.82, 2.24) is 14.8 Å². The number of carbonyl (C=O) groups excluding carboxylic acids is 2. The minimum absolute atomic E-state index is 0.0969. The first-order chi connectivity index (χ1) is 12.1. The Morgan fingerprint density at radius 1 is 1.15 bits per heavy atom. The lowest BCUT2D eigenvalue weighted by Crippen LogP contribution is -2.44. The van der Waals surface area contributed by atoms with Crippen LogP contribution in [0.1, 0.15) is 15.4 Å². The first kappa shape index (κ1) is 19.9. The van der Waals surface area contributed by atoms with Crippen LogP contribution in [0.5, 0.6) is 0 Å². The first-order valence-corrected chi connectivity index (χ1v) is 8.49. The summed E-state index contributed by atoms with van der Waals surface area (Å²) in [5.74, 6) is -1.44. The Kier molecular flexibility index (Phi) is 6.01. The van der Waals surface area contributed by atoms with Gasteiger partial charge in [0.2, 0.25) is 5.91 Å². The normalized spacial score (nSPS) is 11.3. The molecule has 0 aliphatic rings. The summed E-state index contributed by atoms with van der Waals surface area (Å²) in [6.07, 6.45) is -4.61. The van der Waals surface area contributed by atoms with Gasteiger partial charge in [-0.2, -0.15) is 13.2 Å². The number of aromatic nitrogens is 1. The summed E-state index contributed by atoms with van der Waals surface area (Å²) >= 11 is 1.02. The maximum absolute atomic E-state index is 12.9. The molecule has 26 heavy (non-hydrogen) atoms. The Balaban J connectivity index is 2.32. The zero-order chi connectivity index (χ0) is 19.5. The van der Waals surface area contributed by atoms with E-state index in [4.69, 9.17) is 0 Å². The fourth-order valence-corrected chi connectivity index (χ4v) is 3.20. The number of hydrogen-bond acceptors (Lipinski definition) is 4. The average Bonchev–Trinajstić information content (AvgIpc) is 2.94. The molecular formula is C17H18F3N3O2S. The molecule has 0 saturated heterocycles. The van der Waals surface area contributed by atoms with E-state index < -0.39 is 31.1 Å². The lowest BCUT2D eigenvalue weighted by atomic mass is 10.2. The van der Waals surface area contributed by atoms with Crippen molar-refractivity contribution in [2.75, 3.05) is 27.2 Å². The summed E-state index contributed by atoms with van der Waals surface area (Å²) in [6.45, 7) is -0.581. The topological polar surface area (TPSA) is 53.5 Å². The van der Waals surface area contributed by atoms with Crippen molar-refractivity contribution < 1.29 is 22.8 Å². The van der Waals surface area contributed by atoms with Crippen LogP contribution in [0.25, 0.3) is 10.6 Å². The molecule has 1 heterocycles. The first-order valence-electron chi connectivity index (χ1n) is 7.67. The van der Waals surface area contributed by atoms with Gasteiger partial charge in [0.15, 0.2) is 0 Å². The monoisotopic (exact) mass is 385 g/mol. The van der Waals surface area contributed by atoms with Crippen molar-refractivity contribution in [3.8, 4) is 10.6 Å². The number of amides is 2. The second-order valence-electron chi connectivity index (χ2n) is 5.86. The number of hydrogen-bond donors (Lipinski definition) is 0. The van der Waals surface area contributed by atoms with Gasteiger partial charge in [-0.3, -0.25) is 9.59 Å². The second-order valence-corrected chi connectivity index (χ2v) is 6.86. The fourth-order valence-electron chi connectivity index (χ4n) is 2.16. The molecule has 0 fully saturated rings. The minimum atomic E-state index is -4.61. The van der Waals surface area contributed by atoms with Gasteiger partial charge in [-0.15, -0.1) is 11.3 Å². The van der Waals surface area contributed by atoms with Crippen LogP contribution in [0.2, 0.25) is 0 Å². The van der Waals surface area contributed by atoms with Gasteiger partial charge < -0.3 is 9.80 Å². The highest BCUT2D eigenvalue weighted by molar-refractivity contribution is 7.17. The molecule has 0 aliphatic heterocycles. The number of carbonyl (C=O) groups is 2. The highest BCUT2D eigenvalue weighted by Gasteiger charge is 2.35. The number of nitrogens with zero attached hydrogens (tertiary/aromatic N) is 3. The van der Waals surface area contributed by atoms with Gasteiger partial charge in [0.25, 0.3) is 5.91 Å². The molecule has 0 N–H and O–H groups in total. The van der Waals surface area contributed by atoms with Crippen molar-refractivity contribution in [1.29, 1.82) is 0 Å².